The first-order valence-electron chi connectivity index (χ1n) is 9.55. The molecule has 3 heterocycles. The SMILES string of the molecule is CC[C@H]1CN(CC(=O)N2CCN(c3ncccn3)CC2)c2ccccc2S1. The Kier molecular flexibility index (Phi) is 5.48. The highest BCUT2D eigenvalue weighted by molar-refractivity contribution is 8.00. The van der Waals surface area contributed by atoms with Gasteiger partial charge in [-0.15, -0.1) is 11.8 Å². The maximum absolute atomic E-state index is 12.9. The minimum Gasteiger partial charge on any atom is -0.360 e. The first-order valence-corrected chi connectivity index (χ1v) is 10.4. The Hall–Kier alpha value is -2.28. The van der Waals surface area contributed by atoms with Gasteiger partial charge >= 0.3 is 0 Å². The number of amides is 1. The van der Waals surface area contributed by atoms with Crippen molar-refractivity contribution in [2.24, 2.45) is 0 Å². The van der Waals surface area contributed by atoms with Crippen LogP contribution in [0.5, 0.6) is 0 Å². The van der Waals surface area contributed by atoms with Crippen LogP contribution in [0.1, 0.15) is 13.3 Å². The molecule has 1 atom stereocenters. The van der Waals surface area contributed by atoms with E-state index in [1.165, 1.54) is 10.6 Å². The lowest BCUT2D eigenvalue weighted by Crippen LogP contribution is -2.52. The molecule has 27 heavy (non-hydrogen) atoms. The summed E-state index contributed by atoms with van der Waals surface area (Å²) in [6.07, 6.45) is 4.63. The summed E-state index contributed by atoms with van der Waals surface area (Å²) in [5.74, 6) is 0.956. The van der Waals surface area contributed by atoms with Gasteiger partial charge in [-0.2, -0.15) is 0 Å². The molecule has 0 unspecified atom stereocenters. The molecule has 0 saturated carbocycles. The lowest BCUT2D eigenvalue weighted by molar-refractivity contribution is -0.130. The molecule has 0 aliphatic carbocycles. The van der Waals surface area contributed by atoms with Crippen LogP contribution in [0.25, 0.3) is 0 Å². The van der Waals surface area contributed by atoms with Gasteiger partial charge in [-0.1, -0.05) is 19.1 Å². The fourth-order valence-corrected chi connectivity index (χ4v) is 4.87. The summed E-state index contributed by atoms with van der Waals surface area (Å²) in [4.78, 5) is 29.2. The van der Waals surface area contributed by atoms with Gasteiger partial charge in [0.1, 0.15) is 0 Å². The largest absolute Gasteiger partial charge is 0.360 e. The highest BCUT2D eigenvalue weighted by atomic mass is 32.2. The van der Waals surface area contributed by atoms with E-state index in [4.69, 9.17) is 0 Å². The summed E-state index contributed by atoms with van der Waals surface area (Å²) in [6, 6.07) is 10.3. The number of para-hydroxylation sites is 1. The number of fused-ring (bicyclic) bond motifs is 1. The molecule has 2 aliphatic heterocycles. The van der Waals surface area contributed by atoms with Crippen molar-refractivity contribution in [1.29, 1.82) is 0 Å². The van der Waals surface area contributed by atoms with Gasteiger partial charge in [0.15, 0.2) is 0 Å². The van der Waals surface area contributed by atoms with Crippen molar-refractivity contribution in [3.63, 3.8) is 0 Å². The molecule has 0 radical (unpaired) electrons. The summed E-state index contributed by atoms with van der Waals surface area (Å²) in [5.41, 5.74) is 1.19. The molecule has 7 heteroatoms. The molecule has 2 aliphatic rings. The van der Waals surface area contributed by atoms with Crippen LogP contribution in [0.15, 0.2) is 47.6 Å². The lowest BCUT2D eigenvalue weighted by atomic mass is 10.2. The van der Waals surface area contributed by atoms with Crippen LogP contribution in [0.3, 0.4) is 0 Å². The molecule has 1 fully saturated rings. The van der Waals surface area contributed by atoms with E-state index in [9.17, 15) is 4.79 Å². The second-order valence-electron chi connectivity index (χ2n) is 6.91. The maximum Gasteiger partial charge on any atom is 0.242 e. The van der Waals surface area contributed by atoms with E-state index >= 15 is 0 Å². The van der Waals surface area contributed by atoms with Crippen LogP contribution in [0.4, 0.5) is 11.6 Å². The quantitative estimate of drug-likeness (QED) is 0.809. The maximum atomic E-state index is 12.9. The van der Waals surface area contributed by atoms with Crippen LogP contribution in [-0.2, 0) is 4.79 Å². The topological polar surface area (TPSA) is 52.6 Å². The van der Waals surface area contributed by atoms with Crippen LogP contribution in [-0.4, -0.2) is 65.3 Å². The zero-order valence-electron chi connectivity index (χ0n) is 15.6. The molecule has 1 aromatic heterocycles. The Morgan fingerprint density at radius 3 is 2.59 bits per heavy atom. The summed E-state index contributed by atoms with van der Waals surface area (Å²) in [6.45, 7) is 6.60. The molecule has 1 saturated heterocycles. The number of carbonyl (C=O) groups excluding carboxylic acids is 1. The number of carbonyl (C=O) groups is 1. The van der Waals surface area contributed by atoms with E-state index in [1.807, 2.05) is 22.7 Å². The Morgan fingerprint density at radius 1 is 1.11 bits per heavy atom. The number of aromatic nitrogens is 2. The van der Waals surface area contributed by atoms with E-state index in [2.05, 4.69) is 51.0 Å². The van der Waals surface area contributed by atoms with E-state index in [1.54, 1.807) is 12.4 Å². The predicted octanol–water partition coefficient (Wildman–Crippen LogP) is 2.52. The normalized spacial score (nSPS) is 19.7. The number of thioether (sulfide) groups is 1. The van der Waals surface area contributed by atoms with E-state index in [-0.39, 0.29) is 5.91 Å². The molecule has 4 rings (SSSR count). The molecule has 0 spiro atoms. The zero-order valence-corrected chi connectivity index (χ0v) is 16.4. The molecule has 1 amide bonds. The standard InChI is InChI=1S/C20H25N5OS/c1-2-16-14-25(17-6-3-4-7-18(17)27-16)15-19(26)23-10-12-24(13-11-23)20-21-8-5-9-22-20/h3-9,16H,2,10-15H2,1H3/t16-/m0/s1. The highest BCUT2D eigenvalue weighted by Gasteiger charge is 2.28. The van der Waals surface area contributed by atoms with Gasteiger partial charge in [-0.25, -0.2) is 9.97 Å². The van der Waals surface area contributed by atoms with Gasteiger partial charge in [0, 0.05) is 55.3 Å². The fourth-order valence-electron chi connectivity index (χ4n) is 3.61. The van der Waals surface area contributed by atoms with Crippen LogP contribution >= 0.6 is 11.8 Å². The van der Waals surface area contributed by atoms with E-state index < -0.39 is 0 Å². The Balaban J connectivity index is 1.38. The van der Waals surface area contributed by atoms with Gasteiger partial charge < -0.3 is 14.7 Å². The van der Waals surface area contributed by atoms with Crippen molar-refractivity contribution in [2.75, 3.05) is 49.1 Å². The number of hydrogen-bond acceptors (Lipinski definition) is 6. The van der Waals surface area contributed by atoms with Crippen molar-refractivity contribution in [2.45, 2.75) is 23.5 Å². The first-order chi connectivity index (χ1) is 13.2. The van der Waals surface area contributed by atoms with Crippen molar-refractivity contribution < 1.29 is 4.79 Å². The molecule has 1 aromatic carbocycles. The monoisotopic (exact) mass is 383 g/mol. The van der Waals surface area contributed by atoms with Crippen molar-refractivity contribution in [1.82, 2.24) is 14.9 Å². The number of nitrogens with zero attached hydrogens (tertiary/aromatic N) is 5. The summed E-state index contributed by atoms with van der Waals surface area (Å²) in [7, 11) is 0. The van der Waals surface area contributed by atoms with E-state index in [0.29, 0.717) is 11.8 Å². The predicted molar refractivity (Wildman–Crippen MR) is 109 cm³/mol. The van der Waals surface area contributed by atoms with Gasteiger partial charge in [-0.05, 0) is 24.6 Å². The zero-order chi connectivity index (χ0) is 18.6. The molecule has 142 valence electrons. The Labute approximate surface area is 164 Å². The first kappa shape index (κ1) is 18.1. The molecular formula is C20H25N5OS. The average Bonchev–Trinajstić information content (AvgIpc) is 2.74. The van der Waals surface area contributed by atoms with Gasteiger partial charge in [0.05, 0.1) is 12.2 Å². The second kappa shape index (κ2) is 8.17. The number of piperazine rings is 1. The van der Waals surface area contributed by atoms with E-state index in [0.717, 1.165) is 45.1 Å². The Bertz CT molecular complexity index is 779. The summed E-state index contributed by atoms with van der Waals surface area (Å²) in [5, 5.41) is 0.541. The minimum atomic E-state index is 0.209. The summed E-state index contributed by atoms with van der Waals surface area (Å²) >= 11 is 1.93. The second-order valence-corrected chi connectivity index (χ2v) is 8.26. The smallest absolute Gasteiger partial charge is 0.242 e. The minimum absolute atomic E-state index is 0.209. The Morgan fingerprint density at radius 2 is 1.85 bits per heavy atom. The molecule has 2 aromatic rings. The van der Waals surface area contributed by atoms with Gasteiger partial charge in [0.25, 0.3) is 0 Å². The number of hydrogen-bond donors (Lipinski definition) is 0. The number of anilines is 2. The highest BCUT2D eigenvalue weighted by Crippen LogP contribution is 2.39. The van der Waals surface area contributed by atoms with Crippen molar-refractivity contribution >= 4 is 29.3 Å². The lowest BCUT2D eigenvalue weighted by Gasteiger charge is -2.38. The van der Waals surface area contributed by atoms with Crippen molar-refractivity contribution in [3.8, 4) is 0 Å². The van der Waals surface area contributed by atoms with Gasteiger partial charge in [0.2, 0.25) is 11.9 Å². The average molecular weight is 384 g/mol. The number of benzene rings is 1. The van der Waals surface area contributed by atoms with Crippen LogP contribution in [0.2, 0.25) is 0 Å². The third kappa shape index (κ3) is 4.03. The molecular weight excluding hydrogens is 358 g/mol. The third-order valence-corrected chi connectivity index (χ3v) is 6.59. The van der Waals surface area contributed by atoms with Crippen molar-refractivity contribution in [3.05, 3.63) is 42.7 Å². The summed E-state index contributed by atoms with van der Waals surface area (Å²) < 4.78 is 0. The fraction of sp³-hybridized carbons (Fsp3) is 0.450. The molecule has 6 nitrogen and oxygen atoms in total. The number of rotatable bonds is 4. The third-order valence-electron chi connectivity index (χ3n) is 5.17. The molecule has 0 N–H and O–H groups in total. The van der Waals surface area contributed by atoms with Gasteiger partial charge in [-0.3, -0.25) is 4.79 Å². The van der Waals surface area contributed by atoms with Crippen LogP contribution in [0, 0.1) is 0 Å². The molecule has 0 bridgehead atoms. The van der Waals surface area contributed by atoms with Crippen LogP contribution < -0.4 is 9.80 Å².